The highest BCUT2D eigenvalue weighted by atomic mass is 16.7. The minimum atomic E-state index is -0.0920. The molecule has 0 unspecified atom stereocenters. The van der Waals surface area contributed by atoms with Crippen molar-refractivity contribution >= 4 is 11.8 Å². The van der Waals surface area contributed by atoms with Gasteiger partial charge in [-0.15, -0.1) is 0 Å². The van der Waals surface area contributed by atoms with Gasteiger partial charge in [-0.05, 0) is 50.8 Å². The van der Waals surface area contributed by atoms with Gasteiger partial charge in [0.25, 0.3) is 0 Å². The molecule has 3 rings (SSSR count). The largest absolute Gasteiger partial charge is 0.454 e. The first kappa shape index (κ1) is 17.6. The molecule has 2 aliphatic rings. The third-order valence-electron chi connectivity index (χ3n) is 4.64. The summed E-state index contributed by atoms with van der Waals surface area (Å²) >= 11 is 0. The normalized spacial score (nSPS) is 19.2. The van der Waals surface area contributed by atoms with Crippen LogP contribution in [-0.4, -0.2) is 42.6 Å². The summed E-state index contributed by atoms with van der Waals surface area (Å²) in [6.45, 7) is 5.43. The van der Waals surface area contributed by atoms with Crippen LogP contribution in [0.1, 0.15) is 38.7 Å². The van der Waals surface area contributed by atoms with Gasteiger partial charge in [-0.25, -0.2) is 0 Å². The Hall–Kier alpha value is -2.24. The molecular formula is C19H26N2O4. The van der Waals surface area contributed by atoms with E-state index >= 15 is 0 Å². The van der Waals surface area contributed by atoms with E-state index in [-0.39, 0.29) is 30.6 Å². The molecule has 1 aromatic carbocycles. The van der Waals surface area contributed by atoms with Gasteiger partial charge in [-0.3, -0.25) is 9.59 Å². The fraction of sp³-hybridized carbons (Fsp3) is 0.579. The van der Waals surface area contributed by atoms with Crippen molar-refractivity contribution in [1.29, 1.82) is 0 Å². The van der Waals surface area contributed by atoms with Crippen LogP contribution in [0.2, 0.25) is 0 Å². The summed E-state index contributed by atoms with van der Waals surface area (Å²) in [6, 6.07) is 5.92. The van der Waals surface area contributed by atoms with Crippen molar-refractivity contribution in [2.45, 2.75) is 45.6 Å². The number of ether oxygens (including phenoxy) is 2. The summed E-state index contributed by atoms with van der Waals surface area (Å²) in [6.07, 6.45) is 2.84. The zero-order valence-electron chi connectivity index (χ0n) is 14.9. The highest BCUT2D eigenvalue weighted by Crippen LogP contribution is 2.32. The molecule has 25 heavy (non-hydrogen) atoms. The molecule has 2 heterocycles. The van der Waals surface area contributed by atoms with Crippen LogP contribution in [0.3, 0.4) is 0 Å². The van der Waals surface area contributed by atoms with Gasteiger partial charge >= 0.3 is 0 Å². The summed E-state index contributed by atoms with van der Waals surface area (Å²) in [7, 11) is 0. The van der Waals surface area contributed by atoms with Crippen molar-refractivity contribution in [3.8, 4) is 11.5 Å². The smallest absolute Gasteiger partial charge is 0.231 e. The summed E-state index contributed by atoms with van der Waals surface area (Å²) in [5, 5.41) is 2.95. The van der Waals surface area contributed by atoms with Crippen LogP contribution in [-0.2, 0) is 16.0 Å². The molecule has 136 valence electrons. The maximum Gasteiger partial charge on any atom is 0.231 e. The maximum atomic E-state index is 12.5. The molecule has 1 fully saturated rings. The van der Waals surface area contributed by atoms with Crippen LogP contribution in [0.4, 0.5) is 0 Å². The Morgan fingerprint density at radius 3 is 2.88 bits per heavy atom. The molecule has 0 radical (unpaired) electrons. The van der Waals surface area contributed by atoms with E-state index in [1.165, 1.54) is 0 Å². The summed E-state index contributed by atoms with van der Waals surface area (Å²) in [5.74, 6) is 1.58. The molecule has 1 atom stereocenters. The Bertz CT molecular complexity index is 644. The second-order valence-corrected chi connectivity index (χ2v) is 7.03. The molecule has 0 aromatic heterocycles. The average Bonchev–Trinajstić information content (AvgIpc) is 3.07. The topological polar surface area (TPSA) is 67.9 Å². The third-order valence-corrected chi connectivity index (χ3v) is 4.64. The average molecular weight is 346 g/mol. The number of piperidine rings is 1. The quantitative estimate of drug-likeness (QED) is 0.887. The highest BCUT2D eigenvalue weighted by Gasteiger charge is 2.28. The summed E-state index contributed by atoms with van der Waals surface area (Å²) < 4.78 is 10.7. The Morgan fingerprint density at radius 2 is 2.08 bits per heavy atom. The maximum absolute atomic E-state index is 12.5. The molecule has 0 saturated carbocycles. The van der Waals surface area contributed by atoms with Crippen LogP contribution in [0.15, 0.2) is 18.2 Å². The van der Waals surface area contributed by atoms with Crippen molar-refractivity contribution in [3.63, 3.8) is 0 Å². The van der Waals surface area contributed by atoms with Crippen LogP contribution < -0.4 is 14.8 Å². The van der Waals surface area contributed by atoms with E-state index in [0.29, 0.717) is 19.4 Å². The van der Waals surface area contributed by atoms with Gasteiger partial charge in [0.05, 0.1) is 5.92 Å². The SMILES string of the molecule is CC(C)NC(=O)[C@@H]1CCCN(C(=O)CCc2ccc3c(c2)OCO3)C1. The van der Waals surface area contributed by atoms with Gasteiger partial charge in [0, 0.05) is 25.6 Å². The van der Waals surface area contributed by atoms with Crippen LogP contribution in [0.5, 0.6) is 11.5 Å². The molecule has 2 aliphatic heterocycles. The number of likely N-dealkylation sites (tertiary alicyclic amines) is 1. The monoisotopic (exact) mass is 346 g/mol. The number of hydrogen-bond acceptors (Lipinski definition) is 4. The van der Waals surface area contributed by atoms with Gasteiger partial charge < -0.3 is 19.7 Å². The molecule has 6 heteroatoms. The van der Waals surface area contributed by atoms with Crippen LogP contribution >= 0.6 is 0 Å². The first-order valence-corrected chi connectivity index (χ1v) is 8.99. The number of benzene rings is 1. The van der Waals surface area contributed by atoms with Gasteiger partial charge in [-0.1, -0.05) is 6.07 Å². The molecule has 1 saturated heterocycles. The van der Waals surface area contributed by atoms with Crippen molar-refractivity contribution in [2.75, 3.05) is 19.9 Å². The molecule has 0 spiro atoms. The third kappa shape index (κ3) is 4.44. The summed E-state index contributed by atoms with van der Waals surface area (Å²) in [4.78, 5) is 26.6. The number of carbonyl (C=O) groups excluding carboxylic acids is 2. The van der Waals surface area contributed by atoms with Gasteiger partial charge in [0.15, 0.2) is 11.5 Å². The molecule has 2 amide bonds. The van der Waals surface area contributed by atoms with Crippen molar-refractivity contribution in [3.05, 3.63) is 23.8 Å². The Balaban J connectivity index is 1.51. The fourth-order valence-corrected chi connectivity index (χ4v) is 3.33. The number of nitrogens with one attached hydrogen (secondary N) is 1. The fourth-order valence-electron chi connectivity index (χ4n) is 3.33. The van der Waals surface area contributed by atoms with E-state index in [0.717, 1.165) is 36.4 Å². The molecule has 1 N–H and O–H groups in total. The Morgan fingerprint density at radius 1 is 1.28 bits per heavy atom. The van der Waals surface area contributed by atoms with E-state index in [2.05, 4.69) is 5.32 Å². The lowest BCUT2D eigenvalue weighted by Crippen LogP contribution is -2.46. The lowest BCUT2D eigenvalue weighted by Gasteiger charge is -2.32. The number of aryl methyl sites for hydroxylation is 1. The second-order valence-electron chi connectivity index (χ2n) is 7.03. The number of rotatable bonds is 5. The van der Waals surface area contributed by atoms with Crippen molar-refractivity contribution < 1.29 is 19.1 Å². The first-order chi connectivity index (χ1) is 12.0. The van der Waals surface area contributed by atoms with E-state index in [1.54, 1.807) is 0 Å². The van der Waals surface area contributed by atoms with Crippen LogP contribution in [0.25, 0.3) is 0 Å². The van der Waals surface area contributed by atoms with Crippen molar-refractivity contribution in [2.24, 2.45) is 5.92 Å². The first-order valence-electron chi connectivity index (χ1n) is 8.99. The highest BCUT2D eigenvalue weighted by molar-refractivity contribution is 5.81. The van der Waals surface area contributed by atoms with E-state index in [4.69, 9.17) is 9.47 Å². The lowest BCUT2D eigenvalue weighted by molar-refractivity contribution is -0.135. The van der Waals surface area contributed by atoms with Crippen LogP contribution in [0, 0.1) is 5.92 Å². The van der Waals surface area contributed by atoms with Gasteiger partial charge in [0.1, 0.15) is 0 Å². The number of amides is 2. The van der Waals surface area contributed by atoms with E-state index in [1.807, 2.05) is 36.9 Å². The molecule has 0 bridgehead atoms. The molecular weight excluding hydrogens is 320 g/mol. The second kappa shape index (κ2) is 7.76. The Kier molecular flexibility index (Phi) is 5.46. The molecule has 6 nitrogen and oxygen atoms in total. The number of hydrogen-bond donors (Lipinski definition) is 1. The molecule has 1 aromatic rings. The van der Waals surface area contributed by atoms with Crippen molar-refractivity contribution in [1.82, 2.24) is 10.2 Å². The number of nitrogens with zero attached hydrogens (tertiary/aromatic N) is 1. The minimum absolute atomic E-state index is 0.0586. The van der Waals surface area contributed by atoms with Gasteiger partial charge in [-0.2, -0.15) is 0 Å². The Labute approximate surface area is 148 Å². The predicted molar refractivity (Wildman–Crippen MR) is 93.5 cm³/mol. The lowest BCUT2D eigenvalue weighted by atomic mass is 9.96. The van der Waals surface area contributed by atoms with Gasteiger partial charge in [0.2, 0.25) is 18.6 Å². The van der Waals surface area contributed by atoms with E-state index < -0.39 is 0 Å². The predicted octanol–water partition coefficient (Wildman–Crippen LogP) is 2.11. The zero-order chi connectivity index (χ0) is 17.8. The van der Waals surface area contributed by atoms with E-state index in [9.17, 15) is 9.59 Å². The number of fused-ring (bicyclic) bond motifs is 1. The summed E-state index contributed by atoms with van der Waals surface area (Å²) in [5.41, 5.74) is 1.06. The zero-order valence-corrected chi connectivity index (χ0v) is 14.9. The molecule has 0 aliphatic carbocycles. The minimum Gasteiger partial charge on any atom is -0.454 e. The number of carbonyl (C=O) groups is 2. The standard InChI is InChI=1S/C19H26N2O4/c1-13(2)20-19(23)15-4-3-9-21(11-15)18(22)8-6-14-5-7-16-17(10-14)25-12-24-16/h5,7,10,13,15H,3-4,6,8-9,11-12H2,1-2H3,(H,20,23)/t15-/m1/s1.